The number of pyridine rings is 1. The van der Waals surface area contributed by atoms with E-state index in [4.69, 9.17) is 21.6 Å². The van der Waals surface area contributed by atoms with Crippen molar-refractivity contribution in [2.75, 3.05) is 6.61 Å². The Bertz CT molecular complexity index is 618. The van der Waals surface area contributed by atoms with Crippen molar-refractivity contribution in [3.63, 3.8) is 0 Å². The van der Waals surface area contributed by atoms with E-state index in [0.717, 1.165) is 5.56 Å². The standard InChI is InChI=1S/C15H11ClN2O/c16-14-13(11-17)8-9-18-15(14)19-10-4-7-12-5-2-1-3-6-12/h1-9H,10H2/b7-4+. The van der Waals surface area contributed by atoms with E-state index in [1.165, 1.54) is 6.20 Å². The Labute approximate surface area is 116 Å². The largest absolute Gasteiger partial charge is 0.472 e. The molecule has 4 heteroatoms. The molecule has 0 radical (unpaired) electrons. The van der Waals surface area contributed by atoms with Crippen molar-refractivity contribution in [3.8, 4) is 11.9 Å². The molecule has 3 nitrogen and oxygen atoms in total. The van der Waals surface area contributed by atoms with E-state index in [9.17, 15) is 0 Å². The van der Waals surface area contributed by atoms with E-state index < -0.39 is 0 Å². The molecule has 94 valence electrons. The van der Waals surface area contributed by atoms with Crippen molar-refractivity contribution in [1.82, 2.24) is 4.98 Å². The first-order valence-corrected chi connectivity index (χ1v) is 6.08. The molecule has 2 rings (SSSR count). The number of hydrogen-bond acceptors (Lipinski definition) is 3. The van der Waals surface area contributed by atoms with Gasteiger partial charge in [0.2, 0.25) is 5.88 Å². The summed E-state index contributed by atoms with van der Waals surface area (Å²) < 4.78 is 5.42. The summed E-state index contributed by atoms with van der Waals surface area (Å²) in [5.74, 6) is 0.276. The van der Waals surface area contributed by atoms with E-state index >= 15 is 0 Å². The summed E-state index contributed by atoms with van der Waals surface area (Å²) in [5.41, 5.74) is 1.45. The molecule has 0 aliphatic rings. The molecule has 0 aliphatic carbocycles. The second kappa shape index (κ2) is 6.58. The molecule has 0 bridgehead atoms. The van der Waals surface area contributed by atoms with E-state index in [2.05, 4.69) is 4.98 Å². The lowest BCUT2D eigenvalue weighted by Crippen LogP contribution is -1.97. The molecule has 0 saturated heterocycles. The Morgan fingerprint density at radius 2 is 2.05 bits per heavy atom. The van der Waals surface area contributed by atoms with Gasteiger partial charge in [-0.2, -0.15) is 5.26 Å². The molecule has 0 fully saturated rings. The van der Waals surface area contributed by atoms with Gasteiger partial charge in [-0.1, -0.05) is 48.0 Å². The smallest absolute Gasteiger partial charge is 0.234 e. The van der Waals surface area contributed by atoms with Crippen LogP contribution in [0.25, 0.3) is 6.08 Å². The van der Waals surface area contributed by atoms with Crippen LogP contribution in [0, 0.1) is 11.3 Å². The monoisotopic (exact) mass is 270 g/mol. The lowest BCUT2D eigenvalue weighted by Gasteiger charge is -2.04. The summed E-state index contributed by atoms with van der Waals surface area (Å²) in [4.78, 5) is 3.99. The van der Waals surface area contributed by atoms with Gasteiger partial charge >= 0.3 is 0 Å². The van der Waals surface area contributed by atoms with Gasteiger partial charge < -0.3 is 4.74 Å². The molecule has 1 aromatic carbocycles. The zero-order valence-electron chi connectivity index (χ0n) is 10.1. The van der Waals surface area contributed by atoms with Crippen LogP contribution in [0.1, 0.15) is 11.1 Å². The number of ether oxygens (including phenoxy) is 1. The van der Waals surface area contributed by atoms with Crippen LogP contribution in [0.4, 0.5) is 0 Å². The van der Waals surface area contributed by atoms with Crippen LogP contribution in [-0.2, 0) is 0 Å². The van der Waals surface area contributed by atoms with E-state index in [-0.39, 0.29) is 10.9 Å². The van der Waals surface area contributed by atoms with Crippen LogP contribution in [0.2, 0.25) is 5.02 Å². The molecule has 1 heterocycles. The Hall–Kier alpha value is -2.31. The van der Waals surface area contributed by atoms with Crippen LogP contribution in [0.3, 0.4) is 0 Å². The molecule has 0 spiro atoms. The second-order valence-electron chi connectivity index (χ2n) is 3.71. The molecule has 0 saturated carbocycles. The van der Waals surface area contributed by atoms with E-state index in [1.807, 2.05) is 48.6 Å². The first-order valence-electron chi connectivity index (χ1n) is 5.70. The Morgan fingerprint density at radius 3 is 2.79 bits per heavy atom. The van der Waals surface area contributed by atoms with Crippen LogP contribution >= 0.6 is 11.6 Å². The van der Waals surface area contributed by atoms with Crippen LogP contribution in [-0.4, -0.2) is 11.6 Å². The van der Waals surface area contributed by atoms with Gasteiger partial charge in [0.1, 0.15) is 17.7 Å². The predicted molar refractivity (Wildman–Crippen MR) is 74.9 cm³/mol. The fourth-order valence-electron chi connectivity index (χ4n) is 1.49. The lowest BCUT2D eigenvalue weighted by molar-refractivity contribution is 0.349. The van der Waals surface area contributed by atoms with Gasteiger partial charge in [-0.05, 0) is 17.7 Å². The first kappa shape index (κ1) is 13.1. The number of halogens is 1. The summed E-state index contributed by atoms with van der Waals surface area (Å²) in [5, 5.41) is 9.08. The minimum atomic E-state index is 0.248. The average molecular weight is 271 g/mol. The highest BCUT2D eigenvalue weighted by atomic mass is 35.5. The first-order chi connectivity index (χ1) is 9.31. The molecular weight excluding hydrogens is 260 g/mol. The van der Waals surface area contributed by atoms with Crippen molar-refractivity contribution in [2.45, 2.75) is 0 Å². The number of benzene rings is 1. The Balaban J connectivity index is 1.97. The van der Waals surface area contributed by atoms with Gasteiger partial charge in [0.15, 0.2) is 0 Å². The SMILES string of the molecule is N#Cc1ccnc(OC/C=C/c2ccccc2)c1Cl. The molecule has 0 N–H and O–H groups in total. The molecule has 0 atom stereocenters. The zero-order valence-corrected chi connectivity index (χ0v) is 10.8. The third-order valence-corrected chi connectivity index (χ3v) is 2.77. The number of hydrogen-bond donors (Lipinski definition) is 0. The second-order valence-corrected chi connectivity index (χ2v) is 4.09. The van der Waals surface area contributed by atoms with Crippen molar-refractivity contribution >= 4 is 17.7 Å². The minimum absolute atomic E-state index is 0.248. The van der Waals surface area contributed by atoms with Crippen molar-refractivity contribution in [1.29, 1.82) is 5.26 Å². The third-order valence-electron chi connectivity index (χ3n) is 2.40. The normalized spacial score (nSPS) is 10.3. The predicted octanol–water partition coefficient (Wildman–Crippen LogP) is 3.70. The maximum Gasteiger partial charge on any atom is 0.234 e. The molecule has 2 aromatic rings. The maximum absolute atomic E-state index is 8.83. The van der Waals surface area contributed by atoms with Gasteiger partial charge in [-0.15, -0.1) is 0 Å². The summed E-state index contributed by atoms with van der Waals surface area (Å²) in [6.07, 6.45) is 5.31. The molecule has 0 aliphatic heterocycles. The van der Waals surface area contributed by atoms with Gasteiger partial charge in [0, 0.05) is 6.20 Å². The highest BCUT2D eigenvalue weighted by molar-refractivity contribution is 6.32. The number of rotatable bonds is 4. The van der Waals surface area contributed by atoms with Crippen molar-refractivity contribution in [2.24, 2.45) is 0 Å². The zero-order chi connectivity index (χ0) is 13.5. The van der Waals surface area contributed by atoms with E-state index in [0.29, 0.717) is 12.2 Å². The highest BCUT2D eigenvalue weighted by Gasteiger charge is 2.07. The number of aromatic nitrogens is 1. The summed E-state index contributed by atoms with van der Waals surface area (Å²) in [7, 11) is 0. The molecule has 0 amide bonds. The van der Waals surface area contributed by atoms with Gasteiger partial charge in [-0.25, -0.2) is 4.98 Å². The molecular formula is C15H11ClN2O. The molecule has 1 aromatic heterocycles. The summed E-state index contributed by atoms with van der Waals surface area (Å²) in [6.45, 7) is 0.344. The van der Waals surface area contributed by atoms with Gasteiger partial charge in [0.25, 0.3) is 0 Å². The van der Waals surface area contributed by atoms with Gasteiger partial charge in [-0.3, -0.25) is 0 Å². The highest BCUT2D eigenvalue weighted by Crippen LogP contribution is 2.24. The van der Waals surface area contributed by atoms with Crippen LogP contribution < -0.4 is 4.74 Å². The average Bonchev–Trinajstić information content (AvgIpc) is 2.46. The van der Waals surface area contributed by atoms with Crippen LogP contribution in [0.15, 0.2) is 48.7 Å². The van der Waals surface area contributed by atoms with E-state index in [1.54, 1.807) is 6.07 Å². The van der Waals surface area contributed by atoms with Crippen molar-refractivity contribution < 1.29 is 4.74 Å². The number of nitriles is 1. The number of nitrogens with zero attached hydrogens (tertiary/aromatic N) is 2. The van der Waals surface area contributed by atoms with Crippen LogP contribution in [0.5, 0.6) is 5.88 Å². The molecule has 19 heavy (non-hydrogen) atoms. The Kier molecular flexibility index (Phi) is 4.54. The Morgan fingerprint density at radius 1 is 1.26 bits per heavy atom. The van der Waals surface area contributed by atoms with Crippen molar-refractivity contribution in [3.05, 3.63) is 64.8 Å². The fourth-order valence-corrected chi connectivity index (χ4v) is 1.70. The summed E-state index contributed by atoms with van der Waals surface area (Å²) in [6, 6.07) is 13.4. The molecule has 0 unspecified atom stereocenters. The third kappa shape index (κ3) is 3.57. The van der Waals surface area contributed by atoms with Gasteiger partial charge in [0.05, 0.1) is 5.56 Å². The lowest BCUT2D eigenvalue weighted by atomic mass is 10.2. The maximum atomic E-state index is 8.83. The fraction of sp³-hybridized carbons (Fsp3) is 0.0667. The summed E-state index contributed by atoms with van der Waals surface area (Å²) >= 11 is 5.97. The quantitative estimate of drug-likeness (QED) is 0.851. The topological polar surface area (TPSA) is 45.9 Å². The minimum Gasteiger partial charge on any atom is -0.472 e.